The molecule has 1 saturated carbocycles. The second-order valence-corrected chi connectivity index (χ2v) is 6.73. The van der Waals surface area contributed by atoms with Crippen LogP contribution in [0.25, 0.3) is 0 Å². The Kier molecular flexibility index (Phi) is 4.34. The molecule has 1 unspecified atom stereocenters. The normalized spacial score (nSPS) is 29.7. The van der Waals surface area contributed by atoms with Crippen LogP contribution in [0.2, 0.25) is 5.02 Å². The van der Waals surface area contributed by atoms with Crippen molar-refractivity contribution in [2.24, 2.45) is 5.73 Å². The Labute approximate surface area is 127 Å². The van der Waals surface area contributed by atoms with Crippen LogP contribution in [0.4, 0.5) is 0 Å². The molecular formula is C17H25ClN2. The van der Waals surface area contributed by atoms with Gasteiger partial charge >= 0.3 is 0 Å². The molecule has 20 heavy (non-hydrogen) atoms. The number of fused-ring (bicyclic) bond motifs is 1. The first-order valence-corrected chi connectivity index (χ1v) is 8.36. The molecule has 0 spiro atoms. The predicted octanol–water partition coefficient (Wildman–Crippen LogP) is 3.92. The third-order valence-corrected chi connectivity index (χ3v) is 5.36. The van der Waals surface area contributed by atoms with Crippen molar-refractivity contribution in [1.29, 1.82) is 0 Å². The maximum Gasteiger partial charge on any atom is 0.0408 e. The fraction of sp³-hybridized carbons (Fsp3) is 0.647. The monoisotopic (exact) mass is 292 g/mol. The van der Waals surface area contributed by atoms with Gasteiger partial charge in [0.1, 0.15) is 0 Å². The van der Waals surface area contributed by atoms with Crippen LogP contribution in [0, 0.1) is 0 Å². The lowest BCUT2D eigenvalue weighted by molar-refractivity contribution is 0.106. The third-order valence-electron chi connectivity index (χ3n) is 5.13. The summed E-state index contributed by atoms with van der Waals surface area (Å²) in [5.74, 6) is 0. The van der Waals surface area contributed by atoms with Crippen LogP contribution in [-0.4, -0.2) is 23.5 Å². The number of rotatable bonds is 3. The summed E-state index contributed by atoms with van der Waals surface area (Å²) in [6.07, 6.45) is 7.29. The summed E-state index contributed by atoms with van der Waals surface area (Å²) >= 11 is 6.12. The molecule has 1 atom stereocenters. The molecule has 0 bridgehead atoms. The summed E-state index contributed by atoms with van der Waals surface area (Å²) in [4.78, 5) is 2.71. The van der Waals surface area contributed by atoms with E-state index in [-0.39, 0.29) is 0 Å². The number of nitrogens with zero attached hydrogens (tertiary/aromatic N) is 1. The van der Waals surface area contributed by atoms with E-state index in [0.29, 0.717) is 18.1 Å². The summed E-state index contributed by atoms with van der Waals surface area (Å²) in [7, 11) is 0. The molecule has 1 aromatic carbocycles. The van der Waals surface area contributed by atoms with E-state index < -0.39 is 0 Å². The molecule has 2 nitrogen and oxygen atoms in total. The minimum atomic E-state index is 0.430. The number of hydrogen-bond donors (Lipinski definition) is 1. The van der Waals surface area contributed by atoms with E-state index in [1.165, 1.54) is 49.7 Å². The van der Waals surface area contributed by atoms with E-state index in [1.807, 2.05) is 6.07 Å². The number of hydrogen-bond acceptors (Lipinski definition) is 2. The molecule has 0 amide bonds. The van der Waals surface area contributed by atoms with Crippen LogP contribution in [0.5, 0.6) is 0 Å². The molecule has 0 saturated heterocycles. The highest BCUT2D eigenvalue weighted by Crippen LogP contribution is 2.39. The van der Waals surface area contributed by atoms with Gasteiger partial charge in [0.2, 0.25) is 0 Å². The zero-order valence-corrected chi connectivity index (χ0v) is 13.1. The van der Waals surface area contributed by atoms with Crippen molar-refractivity contribution in [3.05, 3.63) is 34.3 Å². The van der Waals surface area contributed by atoms with Gasteiger partial charge in [-0.1, -0.05) is 24.6 Å². The average Bonchev–Trinajstić information content (AvgIpc) is 2.85. The van der Waals surface area contributed by atoms with Gasteiger partial charge in [-0.25, -0.2) is 0 Å². The molecular weight excluding hydrogens is 268 g/mol. The van der Waals surface area contributed by atoms with Gasteiger partial charge in [0, 0.05) is 23.1 Å². The van der Waals surface area contributed by atoms with Gasteiger partial charge in [0.15, 0.2) is 0 Å². The SMILES string of the molecule is CCN(C1CCC(N)CC1)C1CCc2cc(Cl)ccc21. The van der Waals surface area contributed by atoms with Crippen molar-refractivity contribution in [2.45, 2.75) is 63.6 Å². The van der Waals surface area contributed by atoms with Crippen molar-refractivity contribution < 1.29 is 0 Å². The molecule has 0 radical (unpaired) electrons. The quantitative estimate of drug-likeness (QED) is 0.915. The second kappa shape index (κ2) is 6.05. The molecule has 2 aliphatic rings. The van der Waals surface area contributed by atoms with E-state index >= 15 is 0 Å². The standard InChI is InChI=1S/C17H25ClN2/c1-2-20(15-7-5-14(19)6-8-15)17-10-3-12-11-13(18)4-9-16(12)17/h4,9,11,14-15,17H,2-3,5-8,10,19H2,1H3. The molecule has 110 valence electrons. The fourth-order valence-corrected chi connectivity index (χ4v) is 4.27. The van der Waals surface area contributed by atoms with Gasteiger partial charge in [0.25, 0.3) is 0 Å². The highest BCUT2D eigenvalue weighted by molar-refractivity contribution is 6.30. The lowest BCUT2D eigenvalue weighted by atomic mass is 9.89. The summed E-state index contributed by atoms with van der Waals surface area (Å²) in [5, 5.41) is 0.871. The Hall–Kier alpha value is -0.570. The van der Waals surface area contributed by atoms with Crippen molar-refractivity contribution >= 4 is 11.6 Å². The Bertz CT molecular complexity index is 466. The second-order valence-electron chi connectivity index (χ2n) is 6.30. The zero-order valence-electron chi connectivity index (χ0n) is 12.3. The molecule has 1 fully saturated rings. The molecule has 2 N–H and O–H groups in total. The van der Waals surface area contributed by atoms with Gasteiger partial charge < -0.3 is 5.73 Å². The lowest BCUT2D eigenvalue weighted by Crippen LogP contribution is -2.42. The summed E-state index contributed by atoms with van der Waals surface area (Å²) < 4.78 is 0. The Balaban J connectivity index is 1.78. The first kappa shape index (κ1) is 14.4. The largest absolute Gasteiger partial charge is 0.328 e. The smallest absolute Gasteiger partial charge is 0.0408 e. The van der Waals surface area contributed by atoms with Crippen LogP contribution < -0.4 is 5.73 Å². The number of halogens is 1. The molecule has 3 heteroatoms. The van der Waals surface area contributed by atoms with Gasteiger partial charge in [-0.15, -0.1) is 0 Å². The van der Waals surface area contributed by atoms with Gasteiger partial charge in [-0.05, 0) is 68.3 Å². The molecule has 0 heterocycles. The van der Waals surface area contributed by atoms with Crippen molar-refractivity contribution in [2.75, 3.05) is 6.54 Å². The molecule has 3 rings (SSSR count). The lowest BCUT2D eigenvalue weighted by Gasteiger charge is -2.39. The van der Waals surface area contributed by atoms with Crippen LogP contribution in [0.3, 0.4) is 0 Å². The summed E-state index contributed by atoms with van der Waals surface area (Å²) in [5.41, 5.74) is 9.01. The fourth-order valence-electron chi connectivity index (χ4n) is 4.07. The molecule has 2 aliphatic carbocycles. The average molecular weight is 293 g/mol. The highest BCUT2D eigenvalue weighted by Gasteiger charge is 2.32. The Morgan fingerprint density at radius 1 is 1.20 bits per heavy atom. The number of benzene rings is 1. The van der Waals surface area contributed by atoms with Crippen molar-refractivity contribution in [1.82, 2.24) is 4.90 Å². The third kappa shape index (κ3) is 2.74. The maximum absolute atomic E-state index is 6.12. The van der Waals surface area contributed by atoms with Crippen molar-refractivity contribution in [3.63, 3.8) is 0 Å². The minimum absolute atomic E-state index is 0.430. The number of nitrogens with two attached hydrogens (primary N) is 1. The van der Waals surface area contributed by atoms with Crippen LogP contribution >= 0.6 is 11.6 Å². The van der Waals surface area contributed by atoms with E-state index in [4.69, 9.17) is 17.3 Å². The molecule has 0 aliphatic heterocycles. The van der Waals surface area contributed by atoms with E-state index in [0.717, 1.165) is 11.6 Å². The Morgan fingerprint density at radius 2 is 1.95 bits per heavy atom. The van der Waals surface area contributed by atoms with E-state index in [2.05, 4.69) is 24.0 Å². The van der Waals surface area contributed by atoms with Crippen LogP contribution in [0.15, 0.2) is 18.2 Å². The topological polar surface area (TPSA) is 29.3 Å². The molecule has 1 aromatic rings. The molecule has 0 aromatic heterocycles. The number of aryl methyl sites for hydroxylation is 1. The predicted molar refractivity (Wildman–Crippen MR) is 85.1 cm³/mol. The minimum Gasteiger partial charge on any atom is -0.328 e. The van der Waals surface area contributed by atoms with Gasteiger partial charge in [-0.3, -0.25) is 4.90 Å². The van der Waals surface area contributed by atoms with E-state index in [1.54, 1.807) is 0 Å². The zero-order chi connectivity index (χ0) is 14.1. The van der Waals surface area contributed by atoms with E-state index in [9.17, 15) is 0 Å². The van der Waals surface area contributed by atoms with Gasteiger partial charge in [-0.2, -0.15) is 0 Å². The Morgan fingerprint density at radius 3 is 2.65 bits per heavy atom. The first-order chi connectivity index (χ1) is 9.69. The maximum atomic E-state index is 6.12. The summed E-state index contributed by atoms with van der Waals surface area (Å²) in [6, 6.07) is 8.18. The van der Waals surface area contributed by atoms with Gasteiger partial charge in [0.05, 0.1) is 0 Å². The van der Waals surface area contributed by atoms with Crippen molar-refractivity contribution in [3.8, 4) is 0 Å². The van der Waals surface area contributed by atoms with Crippen LogP contribution in [0.1, 0.15) is 56.2 Å². The first-order valence-electron chi connectivity index (χ1n) is 7.98. The summed E-state index contributed by atoms with van der Waals surface area (Å²) in [6.45, 7) is 3.43. The van der Waals surface area contributed by atoms with Crippen LogP contribution in [-0.2, 0) is 6.42 Å². The highest BCUT2D eigenvalue weighted by atomic mass is 35.5.